The summed E-state index contributed by atoms with van der Waals surface area (Å²) < 4.78 is 1.92. The molecular formula is C13H22N2O. The number of hydrogen-bond acceptors (Lipinski definition) is 2. The minimum atomic E-state index is -0.238. The Morgan fingerprint density at radius 2 is 2.06 bits per heavy atom. The minimum absolute atomic E-state index is 0.160. The van der Waals surface area contributed by atoms with E-state index < -0.39 is 0 Å². The maximum Gasteiger partial charge on any atom is 0.0780 e. The molecule has 1 fully saturated rings. The standard InChI is InChI=1S/C13H22N2O/c1-13(2,3)10-5-6-12(16)11(9-10)15-8-4-7-14-15/h4,7-8,10-12,16H,5-6,9H2,1-3H3. The SMILES string of the molecule is CC(C)(C)C1CCC(O)C(n2cccn2)C1. The summed E-state index contributed by atoms with van der Waals surface area (Å²) in [6.45, 7) is 6.86. The lowest BCUT2D eigenvalue weighted by molar-refractivity contribution is 0.0205. The Labute approximate surface area is 97.5 Å². The van der Waals surface area contributed by atoms with Gasteiger partial charge in [-0.3, -0.25) is 4.68 Å². The van der Waals surface area contributed by atoms with E-state index in [1.807, 2.05) is 16.9 Å². The maximum atomic E-state index is 10.1. The third-order valence-corrected chi connectivity index (χ3v) is 3.87. The summed E-state index contributed by atoms with van der Waals surface area (Å²) >= 11 is 0. The minimum Gasteiger partial charge on any atom is -0.391 e. The first-order chi connectivity index (χ1) is 7.48. The highest BCUT2D eigenvalue weighted by Crippen LogP contribution is 2.41. The highest BCUT2D eigenvalue weighted by Gasteiger charge is 2.36. The van der Waals surface area contributed by atoms with Crippen LogP contribution in [0.4, 0.5) is 0 Å². The molecular weight excluding hydrogens is 200 g/mol. The summed E-state index contributed by atoms with van der Waals surface area (Å²) in [5.74, 6) is 0.671. The molecule has 2 rings (SSSR count). The van der Waals surface area contributed by atoms with Crippen LogP contribution < -0.4 is 0 Å². The predicted molar refractivity (Wildman–Crippen MR) is 64.1 cm³/mol. The number of nitrogens with zero attached hydrogens (tertiary/aromatic N) is 2. The number of aliphatic hydroxyl groups excluding tert-OH is 1. The molecule has 1 N–H and O–H groups in total. The Balaban J connectivity index is 2.13. The predicted octanol–water partition coefficient (Wildman–Crippen LogP) is 2.63. The second kappa shape index (κ2) is 4.21. The van der Waals surface area contributed by atoms with Crippen LogP contribution in [0.1, 0.15) is 46.1 Å². The monoisotopic (exact) mass is 222 g/mol. The molecule has 3 atom stereocenters. The largest absolute Gasteiger partial charge is 0.391 e. The van der Waals surface area contributed by atoms with Crippen molar-refractivity contribution in [3.05, 3.63) is 18.5 Å². The molecule has 0 amide bonds. The zero-order valence-electron chi connectivity index (χ0n) is 10.4. The molecule has 16 heavy (non-hydrogen) atoms. The molecule has 0 saturated heterocycles. The molecule has 1 heterocycles. The second-order valence-electron chi connectivity index (χ2n) is 6.00. The molecule has 90 valence electrons. The molecule has 0 spiro atoms. The molecule has 3 nitrogen and oxygen atoms in total. The van der Waals surface area contributed by atoms with Gasteiger partial charge in [0.25, 0.3) is 0 Å². The van der Waals surface area contributed by atoms with Gasteiger partial charge in [-0.2, -0.15) is 5.10 Å². The second-order valence-corrected chi connectivity index (χ2v) is 6.00. The van der Waals surface area contributed by atoms with Crippen molar-refractivity contribution in [3.8, 4) is 0 Å². The van der Waals surface area contributed by atoms with Crippen LogP contribution >= 0.6 is 0 Å². The van der Waals surface area contributed by atoms with E-state index in [1.54, 1.807) is 6.20 Å². The van der Waals surface area contributed by atoms with E-state index in [0.29, 0.717) is 11.3 Å². The number of aliphatic hydroxyl groups is 1. The molecule has 3 unspecified atom stereocenters. The molecule has 1 aromatic heterocycles. The van der Waals surface area contributed by atoms with Crippen molar-refractivity contribution in [1.29, 1.82) is 0 Å². The van der Waals surface area contributed by atoms with Crippen LogP contribution in [0, 0.1) is 11.3 Å². The first-order valence-corrected chi connectivity index (χ1v) is 6.15. The van der Waals surface area contributed by atoms with Crippen molar-refractivity contribution in [3.63, 3.8) is 0 Å². The van der Waals surface area contributed by atoms with Crippen LogP contribution in [0.3, 0.4) is 0 Å². The van der Waals surface area contributed by atoms with Gasteiger partial charge < -0.3 is 5.11 Å². The van der Waals surface area contributed by atoms with E-state index >= 15 is 0 Å². The fourth-order valence-electron chi connectivity index (χ4n) is 2.68. The molecule has 1 aliphatic rings. The van der Waals surface area contributed by atoms with Crippen molar-refractivity contribution in [2.45, 2.75) is 52.2 Å². The van der Waals surface area contributed by atoms with Gasteiger partial charge in [0.2, 0.25) is 0 Å². The molecule has 3 heteroatoms. The van der Waals surface area contributed by atoms with Gasteiger partial charge in [0.15, 0.2) is 0 Å². The molecule has 1 saturated carbocycles. The lowest BCUT2D eigenvalue weighted by atomic mass is 9.70. The van der Waals surface area contributed by atoms with Gasteiger partial charge in [-0.15, -0.1) is 0 Å². The van der Waals surface area contributed by atoms with Gasteiger partial charge in [0, 0.05) is 12.4 Å². The highest BCUT2D eigenvalue weighted by atomic mass is 16.3. The molecule has 0 bridgehead atoms. The molecule has 0 aliphatic heterocycles. The van der Waals surface area contributed by atoms with Crippen LogP contribution in [-0.2, 0) is 0 Å². The topological polar surface area (TPSA) is 38.0 Å². The summed E-state index contributed by atoms with van der Waals surface area (Å²) in [7, 11) is 0. The van der Waals surface area contributed by atoms with E-state index in [4.69, 9.17) is 0 Å². The summed E-state index contributed by atoms with van der Waals surface area (Å²) in [6, 6.07) is 2.08. The van der Waals surface area contributed by atoms with Gasteiger partial charge >= 0.3 is 0 Å². The van der Waals surface area contributed by atoms with Crippen LogP contribution in [0.2, 0.25) is 0 Å². The van der Waals surface area contributed by atoms with Crippen molar-refractivity contribution >= 4 is 0 Å². The van der Waals surface area contributed by atoms with E-state index in [2.05, 4.69) is 25.9 Å². The van der Waals surface area contributed by atoms with Crippen molar-refractivity contribution < 1.29 is 5.11 Å². The lowest BCUT2D eigenvalue weighted by Gasteiger charge is -2.40. The van der Waals surface area contributed by atoms with Gasteiger partial charge in [-0.05, 0) is 36.7 Å². The van der Waals surface area contributed by atoms with Crippen LogP contribution in [-0.4, -0.2) is 21.0 Å². The van der Waals surface area contributed by atoms with E-state index in [0.717, 1.165) is 19.3 Å². The Bertz CT molecular complexity index is 326. The average molecular weight is 222 g/mol. The Morgan fingerprint density at radius 3 is 2.62 bits per heavy atom. The first kappa shape index (κ1) is 11.6. The van der Waals surface area contributed by atoms with E-state index in [-0.39, 0.29) is 12.1 Å². The fourth-order valence-corrected chi connectivity index (χ4v) is 2.68. The number of aromatic nitrogens is 2. The number of rotatable bonds is 1. The highest BCUT2D eigenvalue weighted by molar-refractivity contribution is 4.91. The van der Waals surface area contributed by atoms with Crippen molar-refractivity contribution in [2.75, 3.05) is 0 Å². The summed E-state index contributed by atoms with van der Waals surface area (Å²) in [5.41, 5.74) is 0.325. The van der Waals surface area contributed by atoms with Gasteiger partial charge in [0.05, 0.1) is 12.1 Å². The third-order valence-electron chi connectivity index (χ3n) is 3.87. The quantitative estimate of drug-likeness (QED) is 0.793. The maximum absolute atomic E-state index is 10.1. The van der Waals surface area contributed by atoms with Gasteiger partial charge in [-0.1, -0.05) is 20.8 Å². The van der Waals surface area contributed by atoms with Gasteiger partial charge in [-0.25, -0.2) is 0 Å². The van der Waals surface area contributed by atoms with Crippen molar-refractivity contribution in [1.82, 2.24) is 9.78 Å². The van der Waals surface area contributed by atoms with Gasteiger partial charge in [0.1, 0.15) is 0 Å². The van der Waals surface area contributed by atoms with Crippen LogP contribution in [0.5, 0.6) is 0 Å². The zero-order chi connectivity index (χ0) is 11.8. The molecule has 1 aromatic rings. The Morgan fingerprint density at radius 1 is 1.31 bits per heavy atom. The molecule has 0 aromatic carbocycles. The van der Waals surface area contributed by atoms with Crippen LogP contribution in [0.25, 0.3) is 0 Å². The smallest absolute Gasteiger partial charge is 0.0780 e. The Hall–Kier alpha value is -0.830. The fraction of sp³-hybridized carbons (Fsp3) is 0.769. The normalized spacial score (nSPS) is 31.6. The summed E-state index contributed by atoms with van der Waals surface area (Å²) in [4.78, 5) is 0. The van der Waals surface area contributed by atoms with Crippen molar-refractivity contribution in [2.24, 2.45) is 11.3 Å². The first-order valence-electron chi connectivity index (χ1n) is 6.15. The Kier molecular flexibility index (Phi) is 3.06. The molecule has 0 radical (unpaired) electrons. The lowest BCUT2D eigenvalue weighted by Crippen LogP contribution is -2.36. The van der Waals surface area contributed by atoms with E-state index in [1.165, 1.54) is 0 Å². The molecule has 1 aliphatic carbocycles. The summed E-state index contributed by atoms with van der Waals surface area (Å²) in [6.07, 6.45) is 6.56. The zero-order valence-corrected chi connectivity index (χ0v) is 10.4. The average Bonchev–Trinajstić information content (AvgIpc) is 2.69. The van der Waals surface area contributed by atoms with Crippen LogP contribution in [0.15, 0.2) is 18.5 Å². The number of hydrogen-bond donors (Lipinski definition) is 1. The summed E-state index contributed by atoms with van der Waals surface area (Å²) in [5, 5.41) is 14.3. The van der Waals surface area contributed by atoms with E-state index in [9.17, 15) is 5.11 Å². The third kappa shape index (κ3) is 2.29.